The third kappa shape index (κ3) is 2.97. The number of aliphatic hydroxyl groups excluding tert-OH is 2. The van der Waals surface area contributed by atoms with E-state index in [1.54, 1.807) is 26.0 Å². The smallest absolute Gasteiger partial charge is 0.494 e. The van der Waals surface area contributed by atoms with Gasteiger partial charge in [-0.1, -0.05) is 6.08 Å². The molecule has 0 spiro atoms. The van der Waals surface area contributed by atoms with Crippen LogP contribution >= 0.6 is 0 Å². The lowest BCUT2D eigenvalue weighted by Gasteiger charge is -2.18. The van der Waals surface area contributed by atoms with Gasteiger partial charge < -0.3 is 24.4 Å². The molecule has 1 rings (SSSR count). The Kier molecular flexibility index (Phi) is 3.33. The molecule has 0 saturated carbocycles. The fourth-order valence-corrected chi connectivity index (χ4v) is 0.944. The first-order valence-corrected chi connectivity index (χ1v) is 4.11. The van der Waals surface area contributed by atoms with Gasteiger partial charge in [0.05, 0.1) is 12.4 Å². The van der Waals surface area contributed by atoms with Crippen LogP contribution in [0.25, 0.3) is 0 Å². The van der Waals surface area contributed by atoms with E-state index in [2.05, 4.69) is 0 Å². The molecule has 1 aliphatic rings. The van der Waals surface area contributed by atoms with Crippen LogP contribution in [0.2, 0.25) is 0 Å². The van der Waals surface area contributed by atoms with Crippen LogP contribution in [0.1, 0.15) is 6.92 Å². The zero-order valence-corrected chi connectivity index (χ0v) is 8.04. The van der Waals surface area contributed by atoms with Crippen molar-refractivity contribution in [3.8, 4) is 0 Å². The van der Waals surface area contributed by atoms with Gasteiger partial charge in [-0.2, -0.15) is 0 Å². The molecule has 0 saturated heterocycles. The first-order chi connectivity index (χ1) is 6.61. The molecule has 5 nitrogen and oxygen atoms in total. The molecule has 1 heterocycles. The first kappa shape index (κ1) is 10.4. The number of hydrogen-bond acceptors (Lipinski definition) is 5. The molecule has 0 atom stereocenters. The number of aliphatic hydroxyl groups is 2. The maximum Gasteiger partial charge on any atom is 0.628 e. The quantitative estimate of drug-likeness (QED) is 0.620. The molecule has 14 heavy (non-hydrogen) atoms. The Morgan fingerprint density at radius 2 is 1.79 bits per heavy atom. The molecule has 0 unspecified atom stereocenters. The molecular formula is C8H12BNO4. The highest BCUT2D eigenvalue weighted by Crippen LogP contribution is 2.09. The summed E-state index contributed by atoms with van der Waals surface area (Å²) in [6.45, 7) is 1.78. The van der Waals surface area contributed by atoms with Gasteiger partial charge in [-0.25, -0.2) is 0 Å². The third-order valence-corrected chi connectivity index (χ3v) is 1.45. The summed E-state index contributed by atoms with van der Waals surface area (Å²) in [5.41, 5.74) is 0. The van der Waals surface area contributed by atoms with E-state index in [0.717, 1.165) is 0 Å². The average molecular weight is 197 g/mol. The van der Waals surface area contributed by atoms with Gasteiger partial charge in [0, 0.05) is 7.05 Å². The molecule has 76 valence electrons. The lowest BCUT2D eigenvalue weighted by Crippen LogP contribution is -2.24. The number of nitrogens with zero attached hydrogens (tertiary/aromatic N) is 1. The second-order valence-electron chi connectivity index (χ2n) is 2.73. The summed E-state index contributed by atoms with van der Waals surface area (Å²) in [5, 5.41) is 18.5. The predicted molar refractivity (Wildman–Crippen MR) is 51.9 cm³/mol. The van der Waals surface area contributed by atoms with E-state index < -0.39 is 7.12 Å². The molecule has 0 aromatic heterocycles. The van der Waals surface area contributed by atoms with Crippen LogP contribution in [0.5, 0.6) is 0 Å². The minimum absolute atomic E-state index is 0.278. The highest BCUT2D eigenvalue weighted by Gasteiger charge is 2.23. The zero-order chi connectivity index (χ0) is 10.6. The predicted octanol–water partition coefficient (Wildman–Crippen LogP) is 1.28. The summed E-state index contributed by atoms with van der Waals surface area (Å²) in [5.74, 6) is 0.998. The largest absolute Gasteiger partial charge is 0.628 e. The van der Waals surface area contributed by atoms with E-state index in [1.165, 1.54) is 17.3 Å². The Balaban J connectivity index is 2.80. The van der Waals surface area contributed by atoms with Crippen LogP contribution in [0.4, 0.5) is 0 Å². The van der Waals surface area contributed by atoms with Gasteiger partial charge in [-0.15, -0.1) is 0 Å². The van der Waals surface area contributed by atoms with Gasteiger partial charge in [-0.05, 0) is 12.9 Å². The summed E-state index contributed by atoms with van der Waals surface area (Å²) >= 11 is 0. The normalized spacial score (nSPS) is 25.3. The van der Waals surface area contributed by atoms with Crippen molar-refractivity contribution >= 4 is 7.12 Å². The highest BCUT2D eigenvalue weighted by molar-refractivity contribution is 6.51. The molecule has 0 aliphatic carbocycles. The van der Waals surface area contributed by atoms with Crippen molar-refractivity contribution in [1.82, 2.24) is 4.90 Å². The molecule has 6 heteroatoms. The van der Waals surface area contributed by atoms with Crippen molar-refractivity contribution in [2.24, 2.45) is 0 Å². The van der Waals surface area contributed by atoms with Gasteiger partial charge in [0.2, 0.25) is 0 Å². The second kappa shape index (κ2) is 4.50. The minimum atomic E-state index is -0.818. The Morgan fingerprint density at radius 3 is 2.21 bits per heavy atom. The van der Waals surface area contributed by atoms with Crippen molar-refractivity contribution in [3.63, 3.8) is 0 Å². The van der Waals surface area contributed by atoms with Crippen LogP contribution in [0.3, 0.4) is 0 Å². The molecule has 0 aromatic rings. The Bertz CT molecular complexity index is 265. The Hall–Kier alpha value is -1.72. The standard InChI is InChI=1S/C8H12BNO4/c1-3-4-9-13-7(11)5-10(2)6-8(12)14-9/h3-6,11-12H,1-2H3/b4-3?,7-5-,8-6-. The summed E-state index contributed by atoms with van der Waals surface area (Å²) in [6, 6.07) is 0. The van der Waals surface area contributed by atoms with Gasteiger partial charge in [-0.3, -0.25) is 0 Å². The van der Waals surface area contributed by atoms with E-state index in [4.69, 9.17) is 9.31 Å². The topological polar surface area (TPSA) is 62.2 Å². The van der Waals surface area contributed by atoms with E-state index >= 15 is 0 Å². The molecule has 1 aliphatic heterocycles. The van der Waals surface area contributed by atoms with Gasteiger partial charge in [0.1, 0.15) is 0 Å². The molecule has 0 bridgehead atoms. The van der Waals surface area contributed by atoms with Crippen molar-refractivity contribution in [3.05, 3.63) is 36.3 Å². The third-order valence-electron chi connectivity index (χ3n) is 1.45. The van der Waals surface area contributed by atoms with Crippen LogP contribution in [-0.2, 0) is 9.31 Å². The molecule has 0 fully saturated rings. The summed E-state index contributed by atoms with van der Waals surface area (Å²) in [6.07, 6.45) is 4.32. The fraction of sp³-hybridized carbons (Fsp3) is 0.250. The van der Waals surface area contributed by atoms with E-state index in [1.807, 2.05) is 0 Å². The zero-order valence-electron chi connectivity index (χ0n) is 8.04. The first-order valence-electron chi connectivity index (χ1n) is 4.11. The second-order valence-corrected chi connectivity index (χ2v) is 2.73. The van der Waals surface area contributed by atoms with Crippen molar-refractivity contribution < 1.29 is 19.5 Å². The summed E-state index contributed by atoms with van der Waals surface area (Å²) < 4.78 is 9.88. The lowest BCUT2D eigenvalue weighted by molar-refractivity contribution is 0.124. The van der Waals surface area contributed by atoms with E-state index in [9.17, 15) is 10.2 Å². The van der Waals surface area contributed by atoms with Crippen LogP contribution in [0.15, 0.2) is 36.3 Å². The van der Waals surface area contributed by atoms with Crippen molar-refractivity contribution in [2.75, 3.05) is 7.05 Å². The van der Waals surface area contributed by atoms with Crippen molar-refractivity contribution in [2.45, 2.75) is 6.92 Å². The monoisotopic (exact) mass is 197 g/mol. The van der Waals surface area contributed by atoms with Crippen LogP contribution in [-0.4, -0.2) is 29.3 Å². The van der Waals surface area contributed by atoms with E-state index in [0.29, 0.717) is 0 Å². The maximum atomic E-state index is 9.24. The molecule has 0 radical (unpaired) electrons. The van der Waals surface area contributed by atoms with Crippen molar-refractivity contribution in [1.29, 1.82) is 0 Å². The number of rotatable bonds is 1. The van der Waals surface area contributed by atoms with Gasteiger partial charge in [0.15, 0.2) is 0 Å². The van der Waals surface area contributed by atoms with E-state index in [-0.39, 0.29) is 11.9 Å². The Labute approximate surface area is 82.7 Å². The molecule has 2 N–H and O–H groups in total. The SMILES string of the molecule is CC=CB1O/C(O)=C\N(C)/C=C(/O)O1. The summed E-state index contributed by atoms with van der Waals surface area (Å²) in [7, 11) is 0.802. The average Bonchev–Trinajstić information content (AvgIpc) is 2.00. The molecule has 0 amide bonds. The number of allylic oxidation sites excluding steroid dienone is 1. The Morgan fingerprint density at radius 1 is 1.29 bits per heavy atom. The maximum absolute atomic E-state index is 9.24. The lowest BCUT2D eigenvalue weighted by atomic mass is 9.90. The van der Waals surface area contributed by atoms with Gasteiger partial charge in [0.25, 0.3) is 11.9 Å². The molecule has 0 aromatic carbocycles. The van der Waals surface area contributed by atoms with Gasteiger partial charge >= 0.3 is 7.12 Å². The van der Waals surface area contributed by atoms with Crippen LogP contribution in [0, 0.1) is 0 Å². The molecular weight excluding hydrogens is 185 g/mol. The number of hydrogen-bond donors (Lipinski definition) is 2. The fourth-order valence-electron chi connectivity index (χ4n) is 0.944. The highest BCUT2D eigenvalue weighted by atomic mass is 16.7. The summed E-state index contributed by atoms with van der Waals surface area (Å²) in [4.78, 5) is 1.41. The van der Waals surface area contributed by atoms with Crippen LogP contribution < -0.4 is 0 Å². The minimum Gasteiger partial charge on any atom is -0.494 e.